The minimum atomic E-state index is -0.275. The number of carbonyl (C=O) groups is 3. The molecule has 3 rings (SSSR count). The van der Waals surface area contributed by atoms with Crippen LogP contribution in [0.1, 0.15) is 22.3 Å². The summed E-state index contributed by atoms with van der Waals surface area (Å²) in [5.41, 5.74) is 2.27. The molecule has 0 aromatic heterocycles. The molecule has 1 heterocycles. The summed E-state index contributed by atoms with van der Waals surface area (Å²) in [6.07, 6.45) is 0.514. The lowest BCUT2D eigenvalue weighted by Gasteiger charge is -2.10. The average molecular weight is 352 g/mol. The van der Waals surface area contributed by atoms with Gasteiger partial charge >= 0.3 is 0 Å². The van der Waals surface area contributed by atoms with Crippen LogP contribution in [0.2, 0.25) is 0 Å². The van der Waals surface area contributed by atoms with Gasteiger partial charge in [0.15, 0.2) is 12.4 Å². The molecule has 2 aromatic rings. The molecule has 0 fully saturated rings. The lowest BCUT2D eigenvalue weighted by atomic mass is 10.0. The summed E-state index contributed by atoms with van der Waals surface area (Å²) in [6, 6.07) is 14.3. The molecule has 26 heavy (non-hydrogen) atoms. The van der Waals surface area contributed by atoms with Crippen molar-refractivity contribution in [1.29, 1.82) is 0 Å². The zero-order valence-corrected chi connectivity index (χ0v) is 14.5. The topological polar surface area (TPSA) is 75.7 Å². The zero-order valence-electron chi connectivity index (χ0n) is 14.5. The van der Waals surface area contributed by atoms with Crippen LogP contribution in [-0.2, 0) is 16.0 Å². The van der Waals surface area contributed by atoms with Crippen molar-refractivity contribution < 1.29 is 19.1 Å². The highest BCUT2D eigenvalue weighted by Crippen LogP contribution is 2.28. The van der Waals surface area contributed by atoms with Crippen molar-refractivity contribution >= 4 is 23.3 Å². The summed E-state index contributed by atoms with van der Waals surface area (Å²) >= 11 is 0. The van der Waals surface area contributed by atoms with Gasteiger partial charge < -0.3 is 15.0 Å². The molecular formula is C20H20N2O4. The van der Waals surface area contributed by atoms with Gasteiger partial charge in [0, 0.05) is 31.3 Å². The Morgan fingerprint density at radius 3 is 2.69 bits per heavy atom. The van der Waals surface area contributed by atoms with Crippen molar-refractivity contribution in [2.75, 3.05) is 25.1 Å². The van der Waals surface area contributed by atoms with Gasteiger partial charge in [0.05, 0.1) is 6.42 Å². The number of carbonyl (C=O) groups excluding carboxylic acids is 3. The zero-order chi connectivity index (χ0) is 18.5. The third kappa shape index (κ3) is 4.08. The van der Waals surface area contributed by atoms with Gasteiger partial charge in [-0.25, -0.2) is 0 Å². The normalized spacial score (nSPS) is 12.7. The molecule has 0 atom stereocenters. The Labute approximate surface area is 151 Å². The first kappa shape index (κ1) is 17.7. The largest absolute Gasteiger partial charge is 0.484 e. The SMILES string of the molecule is CN1C(=O)Cc2cc(C(=O)CCNC(=O)COc3ccccc3)ccc21. The molecule has 0 saturated heterocycles. The minimum Gasteiger partial charge on any atom is -0.484 e. The summed E-state index contributed by atoms with van der Waals surface area (Å²) in [7, 11) is 1.72. The summed E-state index contributed by atoms with van der Waals surface area (Å²) in [5, 5.41) is 2.67. The van der Waals surface area contributed by atoms with E-state index >= 15 is 0 Å². The van der Waals surface area contributed by atoms with E-state index < -0.39 is 0 Å². The number of Topliss-reactive ketones (excluding diaryl/α,β-unsaturated/α-hetero) is 1. The van der Waals surface area contributed by atoms with E-state index in [1.54, 1.807) is 42.3 Å². The fourth-order valence-corrected chi connectivity index (χ4v) is 2.82. The van der Waals surface area contributed by atoms with E-state index in [-0.39, 0.29) is 37.2 Å². The predicted molar refractivity (Wildman–Crippen MR) is 97.5 cm³/mol. The highest BCUT2D eigenvalue weighted by Gasteiger charge is 2.24. The van der Waals surface area contributed by atoms with Crippen LogP contribution in [0, 0.1) is 0 Å². The first-order valence-corrected chi connectivity index (χ1v) is 8.42. The standard InChI is InChI=1S/C20H20N2O4/c1-22-17-8-7-14(11-15(17)12-20(22)25)18(23)9-10-21-19(24)13-26-16-5-3-2-4-6-16/h2-8,11H,9-10,12-13H2,1H3,(H,21,24). The molecule has 0 saturated carbocycles. The van der Waals surface area contributed by atoms with Crippen molar-refractivity contribution in [2.45, 2.75) is 12.8 Å². The van der Waals surface area contributed by atoms with Crippen LogP contribution < -0.4 is 15.0 Å². The Balaban J connectivity index is 1.45. The van der Waals surface area contributed by atoms with Crippen LogP contribution in [0.4, 0.5) is 5.69 Å². The Hall–Kier alpha value is -3.15. The number of para-hydroxylation sites is 1. The first-order valence-electron chi connectivity index (χ1n) is 8.42. The molecule has 6 nitrogen and oxygen atoms in total. The molecule has 134 valence electrons. The van der Waals surface area contributed by atoms with Gasteiger partial charge in [0.1, 0.15) is 5.75 Å². The molecule has 2 amide bonds. The number of nitrogens with zero attached hydrogens (tertiary/aromatic N) is 1. The number of ketones is 1. The predicted octanol–water partition coefficient (Wildman–Crippen LogP) is 1.97. The summed E-state index contributed by atoms with van der Waals surface area (Å²) in [4.78, 5) is 37.4. The van der Waals surface area contributed by atoms with Gasteiger partial charge in [-0.1, -0.05) is 18.2 Å². The smallest absolute Gasteiger partial charge is 0.257 e. The number of amides is 2. The maximum Gasteiger partial charge on any atom is 0.257 e. The molecule has 1 aliphatic heterocycles. The highest BCUT2D eigenvalue weighted by atomic mass is 16.5. The van der Waals surface area contributed by atoms with Crippen LogP contribution >= 0.6 is 0 Å². The second-order valence-electron chi connectivity index (χ2n) is 6.10. The fraction of sp³-hybridized carbons (Fsp3) is 0.250. The highest BCUT2D eigenvalue weighted by molar-refractivity contribution is 6.03. The van der Waals surface area contributed by atoms with Crippen LogP contribution in [-0.4, -0.2) is 37.8 Å². The van der Waals surface area contributed by atoms with E-state index in [9.17, 15) is 14.4 Å². The summed E-state index contributed by atoms with van der Waals surface area (Å²) in [5.74, 6) is 0.300. The first-order chi connectivity index (χ1) is 12.5. The van der Waals surface area contributed by atoms with E-state index in [1.165, 1.54) is 0 Å². The van der Waals surface area contributed by atoms with Gasteiger partial charge in [-0.05, 0) is 35.9 Å². The summed E-state index contributed by atoms with van der Waals surface area (Å²) < 4.78 is 5.35. The van der Waals surface area contributed by atoms with Gasteiger partial charge in [-0.15, -0.1) is 0 Å². The summed E-state index contributed by atoms with van der Waals surface area (Å²) in [6.45, 7) is 0.150. The number of likely N-dealkylation sites (N-methyl/N-ethyl adjacent to an activating group) is 1. The van der Waals surface area contributed by atoms with Crippen molar-refractivity contribution in [3.8, 4) is 5.75 Å². The second kappa shape index (κ2) is 7.82. The number of nitrogens with one attached hydrogen (secondary N) is 1. The molecule has 0 aliphatic carbocycles. The van der Waals surface area contributed by atoms with Gasteiger partial charge in [0.25, 0.3) is 5.91 Å². The second-order valence-corrected chi connectivity index (χ2v) is 6.10. The average Bonchev–Trinajstić information content (AvgIpc) is 2.94. The number of hydrogen-bond acceptors (Lipinski definition) is 4. The van der Waals surface area contributed by atoms with Crippen molar-refractivity contribution in [3.05, 3.63) is 59.7 Å². The Morgan fingerprint density at radius 1 is 1.15 bits per heavy atom. The number of hydrogen-bond donors (Lipinski definition) is 1. The van der Waals surface area contributed by atoms with Crippen LogP contribution in [0.3, 0.4) is 0 Å². The number of anilines is 1. The molecule has 6 heteroatoms. The number of benzene rings is 2. The van der Waals surface area contributed by atoms with Gasteiger partial charge in [-0.3, -0.25) is 14.4 Å². The lowest BCUT2D eigenvalue weighted by molar-refractivity contribution is -0.123. The third-order valence-electron chi connectivity index (χ3n) is 4.27. The van der Waals surface area contributed by atoms with Crippen molar-refractivity contribution in [2.24, 2.45) is 0 Å². The number of fused-ring (bicyclic) bond motifs is 1. The lowest BCUT2D eigenvalue weighted by Crippen LogP contribution is -2.30. The molecule has 0 spiro atoms. The van der Waals surface area contributed by atoms with Crippen molar-refractivity contribution in [3.63, 3.8) is 0 Å². The van der Waals surface area contributed by atoms with Gasteiger partial charge in [0.2, 0.25) is 5.91 Å². The van der Waals surface area contributed by atoms with Gasteiger partial charge in [-0.2, -0.15) is 0 Å². The van der Waals surface area contributed by atoms with Crippen molar-refractivity contribution in [1.82, 2.24) is 5.32 Å². The Morgan fingerprint density at radius 2 is 1.92 bits per heavy atom. The quantitative estimate of drug-likeness (QED) is 0.773. The minimum absolute atomic E-state index is 0.0234. The molecule has 0 bridgehead atoms. The maximum absolute atomic E-state index is 12.3. The van der Waals surface area contributed by atoms with Crippen LogP contribution in [0.15, 0.2) is 48.5 Å². The monoisotopic (exact) mass is 352 g/mol. The molecule has 0 unspecified atom stereocenters. The molecular weight excluding hydrogens is 332 g/mol. The van der Waals surface area contributed by atoms with E-state index in [2.05, 4.69) is 5.32 Å². The number of rotatable bonds is 7. The Bertz CT molecular complexity index is 833. The van der Waals surface area contributed by atoms with E-state index in [1.807, 2.05) is 18.2 Å². The Kier molecular flexibility index (Phi) is 5.31. The van der Waals surface area contributed by atoms with E-state index in [0.29, 0.717) is 17.7 Å². The van der Waals surface area contributed by atoms with Crippen LogP contribution in [0.5, 0.6) is 5.75 Å². The molecule has 1 aliphatic rings. The fourth-order valence-electron chi connectivity index (χ4n) is 2.82. The molecule has 0 radical (unpaired) electrons. The molecule has 1 N–H and O–H groups in total. The third-order valence-corrected chi connectivity index (χ3v) is 4.27. The van der Waals surface area contributed by atoms with E-state index in [4.69, 9.17) is 4.74 Å². The molecule has 2 aromatic carbocycles. The van der Waals surface area contributed by atoms with Crippen LogP contribution in [0.25, 0.3) is 0 Å². The number of ether oxygens (including phenoxy) is 1. The van der Waals surface area contributed by atoms with E-state index in [0.717, 1.165) is 11.3 Å². The maximum atomic E-state index is 12.3.